The Kier molecular flexibility index (Phi) is 6.09. The van der Waals surface area contributed by atoms with Gasteiger partial charge in [-0.2, -0.15) is 0 Å². The number of benzene rings is 1. The van der Waals surface area contributed by atoms with Gasteiger partial charge in [-0.1, -0.05) is 37.3 Å². The van der Waals surface area contributed by atoms with Crippen LogP contribution in [0.1, 0.15) is 44.1 Å². The molecule has 0 bridgehead atoms. The smallest absolute Gasteiger partial charge is 0.00480 e. The van der Waals surface area contributed by atoms with Crippen molar-refractivity contribution in [3.8, 4) is 0 Å². The highest BCUT2D eigenvalue weighted by Gasteiger charge is 2.31. The number of rotatable bonds is 3. The van der Waals surface area contributed by atoms with Crippen molar-refractivity contribution in [3.63, 3.8) is 0 Å². The summed E-state index contributed by atoms with van der Waals surface area (Å²) in [7, 11) is 0. The molecule has 0 spiro atoms. The van der Waals surface area contributed by atoms with E-state index in [0.29, 0.717) is 5.41 Å². The van der Waals surface area contributed by atoms with E-state index in [0.717, 1.165) is 5.92 Å². The summed E-state index contributed by atoms with van der Waals surface area (Å²) in [5, 5.41) is 3.53. The van der Waals surface area contributed by atoms with Crippen molar-refractivity contribution in [2.75, 3.05) is 32.7 Å². The second-order valence-corrected chi connectivity index (χ2v) is 7.05. The first kappa shape index (κ1) is 16.8. The number of likely N-dealkylation sites (tertiary alicyclic amines) is 1. The highest BCUT2D eigenvalue weighted by atomic mass is 35.5. The zero-order valence-corrected chi connectivity index (χ0v) is 14.0. The molecule has 2 heterocycles. The van der Waals surface area contributed by atoms with Gasteiger partial charge in [0.25, 0.3) is 0 Å². The fourth-order valence-corrected chi connectivity index (χ4v) is 3.92. The van der Waals surface area contributed by atoms with Crippen molar-refractivity contribution in [2.24, 2.45) is 5.41 Å². The number of nitrogens with zero attached hydrogens (tertiary/aromatic N) is 1. The minimum absolute atomic E-state index is 0. The molecule has 21 heavy (non-hydrogen) atoms. The van der Waals surface area contributed by atoms with Crippen LogP contribution in [0, 0.1) is 5.41 Å². The Morgan fingerprint density at radius 2 is 2.00 bits per heavy atom. The standard InChI is InChI=1S/C18H28N2.ClH/c1-18(10-11-19-14-18)15-20-12-5-8-17(9-13-20)16-6-3-2-4-7-16;/h2-4,6-7,17,19H,5,8-15H2,1H3;1H. The third kappa shape index (κ3) is 4.45. The van der Waals surface area contributed by atoms with E-state index >= 15 is 0 Å². The molecule has 118 valence electrons. The fourth-order valence-electron chi connectivity index (χ4n) is 3.92. The molecule has 2 aliphatic heterocycles. The molecular weight excluding hydrogens is 280 g/mol. The quantitative estimate of drug-likeness (QED) is 0.916. The second-order valence-electron chi connectivity index (χ2n) is 7.05. The lowest BCUT2D eigenvalue weighted by molar-refractivity contribution is 0.182. The molecule has 2 saturated heterocycles. The average molecular weight is 309 g/mol. The van der Waals surface area contributed by atoms with Crippen LogP contribution in [0.2, 0.25) is 0 Å². The maximum absolute atomic E-state index is 3.53. The zero-order valence-electron chi connectivity index (χ0n) is 13.2. The molecule has 1 aromatic rings. The van der Waals surface area contributed by atoms with Gasteiger partial charge in [0.2, 0.25) is 0 Å². The third-order valence-electron chi connectivity index (χ3n) is 5.15. The van der Waals surface area contributed by atoms with Gasteiger partial charge < -0.3 is 10.2 Å². The molecule has 1 N–H and O–H groups in total. The summed E-state index contributed by atoms with van der Waals surface area (Å²) in [6.45, 7) is 8.70. The third-order valence-corrected chi connectivity index (χ3v) is 5.15. The summed E-state index contributed by atoms with van der Waals surface area (Å²) in [5.74, 6) is 0.774. The van der Waals surface area contributed by atoms with Gasteiger partial charge in [0.1, 0.15) is 0 Å². The minimum atomic E-state index is 0. The molecule has 1 aromatic carbocycles. The van der Waals surface area contributed by atoms with Gasteiger partial charge in [-0.3, -0.25) is 0 Å². The Morgan fingerprint density at radius 3 is 2.71 bits per heavy atom. The van der Waals surface area contributed by atoms with Gasteiger partial charge in [0, 0.05) is 13.1 Å². The Hall–Kier alpha value is -0.570. The van der Waals surface area contributed by atoms with Crippen LogP contribution in [0.3, 0.4) is 0 Å². The molecular formula is C18H29ClN2. The first-order chi connectivity index (χ1) is 9.75. The van der Waals surface area contributed by atoms with E-state index in [1.807, 2.05) is 0 Å². The number of nitrogens with one attached hydrogen (secondary N) is 1. The summed E-state index contributed by atoms with van der Waals surface area (Å²) in [6.07, 6.45) is 5.37. The summed E-state index contributed by atoms with van der Waals surface area (Å²) < 4.78 is 0. The monoisotopic (exact) mass is 308 g/mol. The second kappa shape index (κ2) is 7.62. The van der Waals surface area contributed by atoms with E-state index in [2.05, 4.69) is 47.5 Å². The predicted molar refractivity (Wildman–Crippen MR) is 92.3 cm³/mol. The Morgan fingerprint density at radius 1 is 1.19 bits per heavy atom. The van der Waals surface area contributed by atoms with Crippen molar-refractivity contribution in [3.05, 3.63) is 35.9 Å². The Labute approximate surface area is 135 Å². The van der Waals surface area contributed by atoms with E-state index in [4.69, 9.17) is 0 Å². The van der Waals surface area contributed by atoms with Gasteiger partial charge >= 0.3 is 0 Å². The van der Waals surface area contributed by atoms with E-state index in [1.54, 1.807) is 5.56 Å². The Balaban J connectivity index is 0.00000161. The summed E-state index contributed by atoms with van der Waals surface area (Å²) >= 11 is 0. The van der Waals surface area contributed by atoms with Crippen molar-refractivity contribution >= 4 is 12.4 Å². The lowest BCUT2D eigenvalue weighted by atomic mass is 9.89. The molecule has 2 fully saturated rings. The van der Waals surface area contributed by atoms with E-state index in [-0.39, 0.29) is 12.4 Å². The first-order valence-corrected chi connectivity index (χ1v) is 8.23. The summed E-state index contributed by atoms with van der Waals surface area (Å²) in [6, 6.07) is 11.1. The molecule has 3 heteroatoms. The minimum Gasteiger partial charge on any atom is -0.316 e. The predicted octanol–water partition coefficient (Wildman–Crippen LogP) is 3.68. The van der Waals surface area contributed by atoms with Crippen LogP contribution in [0.25, 0.3) is 0 Å². The van der Waals surface area contributed by atoms with Crippen LogP contribution in [0.4, 0.5) is 0 Å². The lowest BCUT2D eigenvalue weighted by Crippen LogP contribution is -2.38. The first-order valence-electron chi connectivity index (χ1n) is 8.23. The van der Waals surface area contributed by atoms with Gasteiger partial charge in [-0.25, -0.2) is 0 Å². The van der Waals surface area contributed by atoms with Gasteiger partial charge in [0.15, 0.2) is 0 Å². The average Bonchev–Trinajstić information content (AvgIpc) is 2.76. The molecule has 2 nitrogen and oxygen atoms in total. The summed E-state index contributed by atoms with van der Waals surface area (Å²) in [4.78, 5) is 2.72. The fraction of sp³-hybridized carbons (Fsp3) is 0.667. The topological polar surface area (TPSA) is 15.3 Å². The molecule has 2 atom stereocenters. The van der Waals surface area contributed by atoms with Crippen molar-refractivity contribution < 1.29 is 0 Å². The highest BCUT2D eigenvalue weighted by molar-refractivity contribution is 5.85. The molecule has 2 aliphatic rings. The number of hydrogen-bond acceptors (Lipinski definition) is 2. The lowest BCUT2D eigenvalue weighted by Gasteiger charge is -2.31. The zero-order chi connectivity index (χ0) is 13.8. The van der Waals surface area contributed by atoms with E-state index in [9.17, 15) is 0 Å². The summed E-state index contributed by atoms with van der Waals surface area (Å²) in [5.41, 5.74) is 2.05. The van der Waals surface area contributed by atoms with Crippen LogP contribution >= 0.6 is 12.4 Å². The van der Waals surface area contributed by atoms with E-state index < -0.39 is 0 Å². The van der Waals surface area contributed by atoms with Crippen molar-refractivity contribution in [1.82, 2.24) is 10.2 Å². The highest BCUT2D eigenvalue weighted by Crippen LogP contribution is 2.31. The van der Waals surface area contributed by atoms with Crippen LogP contribution < -0.4 is 5.32 Å². The van der Waals surface area contributed by atoms with Crippen LogP contribution in [-0.2, 0) is 0 Å². The molecule has 0 amide bonds. The Bertz CT molecular complexity index is 414. The van der Waals surface area contributed by atoms with Gasteiger partial charge in [0.05, 0.1) is 0 Å². The molecule has 0 radical (unpaired) electrons. The molecule has 3 rings (SSSR count). The number of hydrogen-bond donors (Lipinski definition) is 1. The molecule has 0 aromatic heterocycles. The maximum atomic E-state index is 3.53. The van der Waals surface area contributed by atoms with Gasteiger partial charge in [-0.15, -0.1) is 12.4 Å². The van der Waals surface area contributed by atoms with Crippen molar-refractivity contribution in [2.45, 2.75) is 38.5 Å². The molecule has 2 unspecified atom stereocenters. The number of halogens is 1. The normalized spacial score (nSPS) is 30.6. The molecule has 0 aliphatic carbocycles. The van der Waals surface area contributed by atoms with Crippen LogP contribution in [0.5, 0.6) is 0 Å². The largest absolute Gasteiger partial charge is 0.316 e. The molecule has 0 saturated carbocycles. The van der Waals surface area contributed by atoms with E-state index in [1.165, 1.54) is 58.4 Å². The van der Waals surface area contributed by atoms with Gasteiger partial charge in [-0.05, 0) is 62.2 Å². The van der Waals surface area contributed by atoms with Crippen molar-refractivity contribution in [1.29, 1.82) is 0 Å². The van der Waals surface area contributed by atoms with Crippen LogP contribution in [0.15, 0.2) is 30.3 Å². The SMILES string of the molecule is CC1(CN2CCCC(c3ccccc3)CC2)CCNC1.Cl. The van der Waals surface area contributed by atoms with Crippen LogP contribution in [-0.4, -0.2) is 37.6 Å². The maximum Gasteiger partial charge on any atom is 0.00480 e.